The first kappa shape index (κ1) is 17.2. The van der Waals surface area contributed by atoms with Gasteiger partial charge in [-0.1, -0.05) is 43.6 Å². The molecule has 6 heteroatoms. The molecule has 0 aliphatic rings. The lowest BCUT2D eigenvalue weighted by atomic mass is 9.85. The van der Waals surface area contributed by atoms with Gasteiger partial charge in [0.2, 0.25) is 0 Å². The number of para-hydroxylation sites is 1. The molecule has 23 heavy (non-hydrogen) atoms. The maximum absolute atomic E-state index is 13.5. The molecule has 0 atom stereocenters. The van der Waals surface area contributed by atoms with Gasteiger partial charge in [0.1, 0.15) is 17.3 Å². The van der Waals surface area contributed by atoms with Gasteiger partial charge in [0.15, 0.2) is 0 Å². The summed E-state index contributed by atoms with van der Waals surface area (Å²) in [6, 6.07) is 10.0. The van der Waals surface area contributed by atoms with Crippen molar-refractivity contribution in [3.8, 4) is 0 Å². The summed E-state index contributed by atoms with van der Waals surface area (Å²) in [7, 11) is 0. The maximum Gasteiger partial charge on any atom is 0.319 e. The van der Waals surface area contributed by atoms with E-state index in [1.807, 2.05) is 26.0 Å². The van der Waals surface area contributed by atoms with E-state index in [0.29, 0.717) is 5.02 Å². The second-order valence-corrected chi connectivity index (χ2v) is 6.23. The summed E-state index contributed by atoms with van der Waals surface area (Å²) in [5, 5.41) is 5.44. The predicted octanol–water partition coefficient (Wildman–Crippen LogP) is 4.72. The van der Waals surface area contributed by atoms with Crippen molar-refractivity contribution in [3.05, 3.63) is 64.7 Å². The van der Waals surface area contributed by atoms with E-state index in [0.717, 1.165) is 17.7 Å². The number of carbonyl (C=O) groups excluding carboxylic acids is 1. The Kier molecular flexibility index (Phi) is 5.21. The highest BCUT2D eigenvalue weighted by Crippen LogP contribution is 2.24. The molecule has 0 radical (unpaired) electrons. The molecule has 0 heterocycles. The maximum atomic E-state index is 13.5. The Balaban J connectivity index is 1.99. The van der Waals surface area contributed by atoms with Crippen LogP contribution in [-0.2, 0) is 5.41 Å². The standard InChI is InChI=1S/C17H17ClF2N2O/c1-17(2,11-6-8-12(18)9-7-11)10-21-16(23)22-15-13(19)4-3-5-14(15)20/h3-9H,10H2,1-2H3,(H2,21,22,23). The van der Waals surface area contributed by atoms with E-state index in [1.54, 1.807) is 12.1 Å². The van der Waals surface area contributed by atoms with Crippen LogP contribution in [0.15, 0.2) is 42.5 Å². The van der Waals surface area contributed by atoms with Gasteiger partial charge in [-0.25, -0.2) is 13.6 Å². The van der Waals surface area contributed by atoms with Gasteiger partial charge in [0.05, 0.1) is 0 Å². The summed E-state index contributed by atoms with van der Waals surface area (Å²) < 4.78 is 27.0. The first-order valence-corrected chi connectivity index (χ1v) is 7.42. The molecule has 2 rings (SSSR count). The Labute approximate surface area is 138 Å². The monoisotopic (exact) mass is 338 g/mol. The zero-order chi connectivity index (χ0) is 17.0. The summed E-state index contributed by atoms with van der Waals surface area (Å²) >= 11 is 5.86. The number of halogens is 3. The quantitative estimate of drug-likeness (QED) is 0.832. The van der Waals surface area contributed by atoms with E-state index >= 15 is 0 Å². The molecular weight excluding hydrogens is 322 g/mol. The van der Waals surface area contributed by atoms with Gasteiger partial charge in [0.25, 0.3) is 0 Å². The van der Waals surface area contributed by atoms with Crippen LogP contribution in [0.3, 0.4) is 0 Å². The molecule has 0 spiro atoms. The Morgan fingerprint density at radius 1 is 1.09 bits per heavy atom. The summed E-state index contributed by atoms with van der Waals surface area (Å²) in [5.74, 6) is -1.64. The summed E-state index contributed by atoms with van der Waals surface area (Å²) in [6.07, 6.45) is 0. The molecular formula is C17H17ClF2N2O. The van der Waals surface area contributed by atoms with E-state index < -0.39 is 23.4 Å². The zero-order valence-electron chi connectivity index (χ0n) is 12.8. The minimum absolute atomic E-state index is 0.288. The fourth-order valence-corrected chi connectivity index (χ4v) is 2.21. The minimum Gasteiger partial charge on any atom is -0.337 e. The number of rotatable bonds is 4. The van der Waals surface area contributed by atoms with Crippen LogP contribution in [0.5, 0.6) is 0 Å². The third-order valence-corrected chi connectivity index (χ3v) is 3.77. The van der Waals surface area contributed by atoms with Gasteiger partial charge in [-0.05, 0) is 29.8 Å². The van der Waals surface area contributed by atoms with Crippen LogP contribution >= 0.6 is 11.6 Å². The fourth-order valence-electron chi connectivity index (χ4n) is 2.08. The predicted molar refractivity (Wildman–Crippen MR) is 87.9 cm³/mol. The normalized spacial score (nSPS) is 11.2. The van der Waals surface area contributed by atoms with Gasteiger partial charge >= 0.3 is 6.03 Å². The summed E-state index contributed by atoms with van der Waals surface area (Å²) in [4.78, 5) is 11.9. The van der Waals surface area contributed by atoms with Crippen LogP contribution in [-0.4, -0.2) is 12.6 Å². The minimum atomic E-state index is -0.822. The summed E-state index contributed by atoms with van der Waals surface area (Å²) in [5.41, 5.74) is 0.156. The summed E-state index contributed by atoms with van der Waals surface area (Å²) in [6.45, 7) is 4.18. The number of amides is 2. The average Bonchev–Trinajstić information content (AvgIpc) is 2.50. The number of benzene rings is 2. The number of hydrogen-bond donors (Lipinski definition) is 2. The van der Waals surface area contributed by atoms with Crippen LogP contribution in [0, 0.1) is 11.6 Å². The van der Waals surface area contributed by atoms with Gasteiger partial charge in [-0.3, -0.25) is 0 Å². The van der Waals surface area contributed by atoms with Crippen molar-refractivity contribution in [2.75, 3.05) is 11.9 Å². The molecule has 122 valence electrons. The van der Waals surface area contributed by atoms with Crippen molar-refractivity contribution in [1.29, 1.82) is 0 Å². The molecule has 2 N–H and O–H groups in total. The molecule has 2 amide bonds. The first-order chi connectivity index (χ1) is 10.8. The number of carbonyl (C=O) groups is 1. The van der Waals surface area contributed by atoms with E-state index in [9.17, 15) is 13.6 Å². The van der Waals surface area contributed by atoms with Crippen molar-refractivity contribution in [2.24, 2.45) is 0 Å². The molecule has 0 bridgehead atoms. The van der Waals surface area contributed by atoms with E-state index in [1.165, 1.54) is 6.07 Å². The molecule has 0 fully saturated rings. The zero-order valence-corrected chi connectivity index (χ0v) is 13.5. The van der Waals surface area contributed by atoms with Crippen LogP contribution in [0.2, 0.25) is 5.02 Å². The molecule has 0 saturated heterocycles. The molecule has 0 unspecified atom stereocenters. The van der Waals surface area contributed by atoms with Gasteiger partial charge in [0, 0.05) is 17.0 Å². The van der Waals surface area contributed by atoms with Crippen LogP contribution in [0.25, 0.3) is 0 Å². The van der Waals surface area contributed by atoms with Gasteiger partial charge in [-0.2, -0.15) is 0 Å². The van der Waals surface area contributed by atoms with Crippen molar-refractivity contribution in [3.63, 3.8) is 0 Å². The molecule has 0 saturated carbocycles. The Morgan fingerprint density at radius 2 is 1.65 bits per heavy atom. The van der Waals surface area contributed by atoms with E-state index in [-0.39, 0.29) is 12.0 Å². The highest BCUT2D eigenvalue weighted by molar-refractivity contribution is 6.30. The Morgan fingerprint density at radius 3 is 2.22 bits per heavy atom. The Hall–Kier alpha value is -2.14. The molecule has 2 aromatic carbocycles. The lowest BCUT2D eigenvalue weighted by molar-refractivity contribution is 0.249. The number of hydrogen-bond acceptors (Lipinski definition) is 1. The third-order valence-electron chi connectivity index (χ3n) is 3.52. The highest BCUT2D eigenvalue weighted by atomic mass is 35.5. The number of nitrogens with one attached hydrogen (secondary N) is 2. The van der Waals surface area contributed by atoms with E-state index in [2.05, 4.69) is 10.6 Å². The largest absolute Gasteiger partial charge is 0.337 e. The molecule has 2 aromatic rings. The second kappa shape index (κ2) is 6.96. The van der Waals surface area contributed by atoms with Crippen LogP contribution < -0.4 is 10.6 Å². The second-order valence-electron chi connectivity index (χ2n) is 5.80. The van der Waals surface area contributed by atoms with Crippen molar-refractivity contribution in [1.82, 2.24) is 5.32 Å². The van der Waals surface area contributed by atoms with Crippen LogP contribution in [0.1, 0.15) is 19.4 Å². The topological polar surface area (TPSA) is 41.1 Å². The average molecular weight is 339 g/mol. The molecule has 0 aliphatic carbocycles. The van der Waals surface area contributed by atoms with Crippen molar-refractivity contribution < 1.29 is 13.6 Å². The molecule has 0 aliphatic heterocycles. The van der Waals surface area contributed by atoms with Crippen LogP contribution in [0.4, 0.5) is 19.3 Å². The van der Waals surface area contributed by atoms with Crippen molar-refractivity contribution >= 4 is 23.3 Å². The lowest BCUT2D eigenvalue weighted by Crippen LogP contribution is -2.39. The van der Waals surface area contributed by atoms with Crippen molar-refractivity contribution in [2.45, 2.75) is 19.3 Å². The lowest BCUT2D eigenvalue weighted by Gasteiger charge is -2.25. The molecule has 0 aromatic heterocycles. The molecule has 3 nitrogen and oxygen atoms in total. The fraction of sp³-hybridized carbons (Fsp3) is 0.235. The van der Waals surface area contributed by atoms with Gasteiger partial charge < -0.3 is 10.6 Å². The first-order valence-electron chi connectivity index (χ1n) is 7.04. The Bertz CT molecular complexity index is 682. The number of urea groups is 1. The third kappa shape index (κ3) is 4.42. The SMILES string of the molecule is CC(C)(CNC(=O)Nc1c(F)cccc1F)c1ccc(Cl)cc1. The number of anilines is 1. The highest BCUT2D eigenvalue weighted by Gasteiger charge is 2.22. The van der Waals surface area contributed by atoms with E-state index in [4.69, 9.17) is 11.6 Å². The van der Waals surface area contributed by atoms with Gasteiger partial charge in [-0.15, -0.1) is 0 Å². The smallest absolute Gasteiger partial charge is 0.319 e.